The number of para-hydroxylation sites is 3. The Morgan fingerprint density at radius 1 is 0.931 bits per heavy atom. The van der Waals surface area contributed by atoms with E-state index in [2.05, 4.69) is 26.0 Å². The first-order valence-electron chi connectivity index (χ1n) is 8.76. The van der Waals surface area contributed by atoms with Crippen LogP contribution in [0.5, 0.6) is 11.5 Å². The van der Waals surface area contributed by atoms with Gasteiger partial charge in [-0.05, 0) is 55.5 Å². The van der Waals surface area contributed by atoms with Gasteiger partial charge in [0.2, 0.25) is 15.9 Å². The second kappa shape index (κ2) is 9.21. The molecular weight excluding hydrogens is 456 g/mol. The third-order valence-electron chi connectivity index (χ3n) is 3.97. The minimum Gasteiger partial charge on any atom is -0.455 e. The van der Waals surface area contributed by atoms with Gasteiger partial charge in [0.25, 0.3) is 0 Å². The molecule has 3 aromatic carbocycles. The molecule has 1 atom stereocenters. The van der Waals surface area contributed by atoms with Gasteiger partial charge in [0.15, 0.2) is 5.75 Å². The van der Waals surface area contributed by atoms with Crippen LogP contribution in [-0.4, -0.2) is 20.4 Å². The van der Waals surface area contributed by atoms with Crippen molar-refractivity contribution in [1.82, 2.24) is 4.72 Å². The highest BCUT2D eigenvalue weighted by molar-refractivity contribution is 9.10. The number of rotatable bonds is 7. The lowest BCUT2D eigenvalue weighted by Gasteiger charge is -2.16. The number of ether oxygens (including phenoxy) is 1. The molecule has 1 amide bonds. The molecule has 3 rings (SSSR count). The predicted molar refractivity (Wildman–Crippen MR) is 116 cm³/mol. The Hall–Kier alpha value is -2.68. The molecule has 0 aliphatic heterocycles. The van der Waals surface area contributed by atoms with Gasteiger partial charge in [-0.2, -0.15) is 4.72 Å². The van der Waals surface area contributed by atoms with Crippen LogP contribution in [0.25, 0.3) is 0 Å². The molecule has 2 N–H and O–H groups in total. The van der Waals surface area contributed by atoms with E-state index >= 15 is 0 Å². The molecule has 0 bridgehead atoms. The standard InChI is InChI=1S/C21H19BrN2O4S/c1-15(24-29(26,27)18-13-11-16(22)12-14-18)21(25)23-19-9-5-6-10-20(19)28-17-7-3-2-4-8-17/h2-15,24H,1H3,(H,23,25)/t15-/m1/s1. The first kappa shape index (κ1) is 21.0. The maximum atomic E-state index is 12.6. The van der Waals surface area contributed by atoms with Gasteiger partial charge >= 0.3 is 0 Å². The largest absolute Gasteiger partial charge is 0.455 e. The van der Waals surface area contributed by atoms with Crippen LogP contribution >= 0.6 is 15.9 Å². The van der Waals surface area contributed by atoms with Crippen LogP contribution in [0.1, 0.15) is 6.92 Å². The van der Waals surface area contributed by atoms with E-state index in [0.29, 0.717) is 17.2 Å². The molecule has 0 saturated heterocycles. The number of anilines is 1. The predicted octanol–water partition coefficient (Wildman–Crippen LogP) is 4.55. The first-order valence-corrected chi connectivity index (χ1v) is 11.0. The number of hydrogen-bond donors (Lipinski definition) is 2. The van der Waals surface area contributed by atoms with E-state index < -0.39 is 22.0 Å². The Labute approximate surface area is 178 Å². The van der Waals surface area contributed by atoms with Crippen LogP contribution in [0.2, 0.25) is 0 Å². The lowest BCUT2D eigenvalue weighted by atomic mass is 10.2. The van der Waals surface area contributed by atoms with Gasteiger partial charge in [0.05, 0.1) is 16.6 Å². The molecule has 0 aliphatic rings. The zero-order chi connectivity index (χ0) is 20.9. The Bertz CT molecular complexity index is 1090. The van der Waals surface area contributed by atoms with E-state index in [9.17, 15) is 13.2 Å². The highest BCUT2D eigenvalue weighted by Crippen LogP contribution is 2.29. The fourth-order valence-electron chi connectivity index (χ4n) is 2.48. The number of amides is 1. The minimum atomic E-state index is -3.84. The number of hydrogen-bond acceptors (Lipinski definition) is 4. The molecular formula is C21H19BrN2O4S. The van der Waals surface area contributed by atoms with Crippen molar-refractivity contribution < 1.29 is 17.9 Å². The zero-order valence-electron chi connectivity index (χ0n) is 15.5. The zero-order valence-corrected chi connectivity index (χ0v) is 17.9. The second-order valence-corrected chi connectivity index (χ2v) is 8.83. The third kappa shape index (κ3) is 5.66. The molecule has 29 heavy (non-hydrogen) atoms. The van der Waals surface area contributed by atoms with Crippen molar-refractivity contribution in [1.29, 1.82) is 0 Å². The maximum Gasteiger partial charge on any atom is 0.242 e. The summed E-state index contributed by atoms with van der Waals surface area (Å²) in [5.74, 6) is 0.572. The van der Waals surface area contributed by atoms with E-state index in [1.54, 1.807) is 48.5 Å². The van der Waals surface area contributed by atoms with Crippen LogP contribution in [0, 0.1) is 0 Å². The van der Waals surface area contributed by atoms with E-state index in [1.165, 1.54) is 19.1 Å². The summed E-state index contributed by atoms with van der Waals surface area (Å²) in [5.41, 5.74) is 0.441. The molecule has 0 spiro atoms. The molecule has 0 radical (unpaired) electrons. The Kier molecular flexibility index (Phi) is 6.68. The van der Waals surface area contributed by atoms with Gasteiger partial charge < -0.3 is 10.1 Å². The van der Waals surface area contributed by atoms with Gasteiger partial charge in [-0.25, -0.2) is 8.42 Å². The molecule has 0 unspecified atom stereocenters. The lowest BCUT2D eigenvalue weighted by molar-refractivity contribution is -0.117. The van der Waals surface area contributed by atoms with Crippen molar-refractivity contribution >= 4 is 37.5 Å². The second-order valence-electron chi connectivity index (χ2n) is 6.20. The number of sulfonamides is 1. The fourth-order valence-corrected chi connectivity index (χ4v) is 3.95. The molecule has 8 heteroatoms. The Balaban J connectivity index is 1.71. The van der Waals surface area contributed by atoms with Crippen molar-refractivity contribution in [2.45, 2.75) is 17.9 Å². The number of carbonyl (C=O) groups excluding carboxylic acids is 1. The average Bonchev–Trinajstić information content (AvgIpc) is 2.70. The van der Waals surface area contributed by atoms with Crippen molar-refractivity contribution in [2.24, 2.45) is 0 Å². The smallest absolute Gasteiger partial charge is 0.242 e. The van der Waals surface area contributed by atoms with Crippen LogP contribution in [0.15, 0.2) is 88.2 Å². The van der Waals surface area contributed by atoms with Gasteiger partial charge in [0, 0.05) is 4.47 Å². The van der Waals surface area contributed by atoms with Crippen molar-refractivity contribution in [2.75, 3.05) is 5.32 Å². The summed E-state index contributed by atoms with van der Waals surface area (Å²) < 4.78 is 33.9. The van der Waals surface area contributed by atoms with Gasteiger partial charge in [-0.15, -0.1) is 0 Å². The number of benzene rings is 3. The van der Waals surface area contributed by atoms with Crippen LogP contribution in [0.3, 0.4) is 0 Å². The van der Waals surface area contributed by atoms with Gasteiger partial charge in [0.1, 0.15) is 5.75 Å². The quantitative estimate of drug-likeness (QED) is 0.525. The third-order valence-corrected chi connectivity index (χ3v) is 6.05. The topological polar surface area (TPSA) is 84.5 Å². The lowest BCUT2D eigenvalue weighted by Crippen LogP contribution is -2.41. The molecule has 0 saturated carbocycles. The maximum absolute atomic E-state index is 12.6. The molecule has 0 aliphatic carbocycles. The molecule has 0 aromatic heterocycles. The summed E-state index contributed by atoms with van der Waals surface area (Å²) in [5, 5.41) is 2.72. The molecule has 150 valence electrons. The highest BCUT2D eigenvalue weighted by Gasteiger charge is 2.22. The summed E-state index contributed by atoms with van der Waals surface area (Å²) in [6.45, 7) is 1.48. The monoisotopic (exact) mass is 474 g/mol. The van der Waals surface area contributed by atoms with E-state index in [0.717, 1.165) is 4.47 Å². The summed E-state index contributed by atoms with van der Waals surface area (Å²) in [6, 6.07) is 21.3. The van der Waals surface area contributed by atoms with Gasteiger partial charge in [-0.3, -0.25) is 4.79 Å². The summed E-state index contributed by atoms with van der Waals surface area (Å²) in [4.78, 5) is 12.7. The Morgan fingerprint density at radius 3 is 2.24 bits per heavy atom. The first-order chi connectivity index (χ1) is 13.8. The van der Waals surface area contributed by atoms with E-state index in [4.69, 9.17) is 4.74 Å². The molecule has 0 heterocycles. The van der Waals surface area contributed by atoms with Crippen LogP contribution in [-0.2, 0) is 14.8 Å². The minimum absolute atomic E-state index is 0.0770. The highest BCUT2D eigenvalue weighted by atomic mass is 79.9. The van der Waals surface area contributed by atoms with E-state index in [1.807, 2.05) is 18.2 Å². The SMILES string of the molecule is C[C@@H](NS(=O)(=O)c1ccc(Br)cc1)C(=O)Nc1ccccc1Oc1ccccc1. The van der Waals surface area contributed by atoms with Crippen LogP contribution in [0.4, 0.5) is 5.69 Å². The average molecular weight is 475 g/mol. The number of halogens is 1. The molecule has 3 aromatic rings. The normalized spacial score (nSPS) is 12.2. The molecule has 6 nitrogen and oxygen atoms in total. The van der Waals surface area contributed by atoms with Gasteiger partial charge in [-0.1, -0.05) is 46.3 Å². The summed E-state index contributed by atoms with van der Waals surface area (Å²) >= 11 is 3.26. The number of carbonyl (C=O) groups is 1. The van der Waals surface area contributed by atoms with Crippen molar-refractivity contribution in [3.63, 3.8) is 0 Å². The fraction of sp³-hybridized carbons (Fsp3) is 0.0952. The van der Waals surface area contributed by atoms with Crippen molar-refractivity contribution in [3.8, 4) is 11.5 Å². The summed E-state index contributed by atoms with van der Waals surface area (Å²) in [7, 11) is -3.84. The van der Waals surface area contributed by atoms with E-state index in [-0.39, 0.29) is 4.90 Å². The van der Waals surface area contributed by atoms with Crippen LogP contribution < -0.4 is 14.8 Å². The van der Waals surface area contributed by atoms with Crippen molar-refractivity contribution in [3.05, 3.63) is 83.3 Å². The molecule has 0 fully saturated rings. The summed E-state index contributed by atoms with van der Waals surface area (Å²) in [6.07, 6.45) is 0. The number of nitrogens with one attached hydrogen (secondary N) is 2. The Morgan fingerprint density at radius 2 is 1.55 bits per heavy atom.